The molecule has 0 unspecified atom stereocenters. The number of carbonyl (C=O) groups is 1. The number of nitrogens with zero attached hydrogens (tertiary/aromatic N) is 2. The largest absolute Gasteiger partial charge is 0.434 e. The van der Waals surface area contributed by atoms with Crippen molar-refractivity contribution >= 4 is 5.91 Å². The monoisotopic (exact) mass is 358 g/mol. The maximum absolute atomic E-state index is 13.4. The molecule has 1 aromatic heterocycles. The van der Waals surface area contributed by atoms with Crippen molar-refractivity contribution in [3.8, 4) is 5.69 Å². The second-order valence-corrected chi connectivity index (χ2v) is 5.30. The highest BCUT2D eigenvalue weighted by Crippen LogP contribution is 2.33. The third kappa shape index (κ3) is 4.79. The summed E-state index contributed by atoms with van der Waals surface area (Å²) >= 11 is 0. The average Bonchev–Trinajstić information content (AvgIpc) is 3.00. The number of benzene rings is 1. The molecule has 1 heterocycles. The zero-order valence-corrected chi connectivity index (χ0v) is 13.5. The highest BCUT2D eigenvalue weighted by Gasteiger charge is 2.40. The van der Waals surface area contributed by atoms with Crippen LogP contribution in [0.2, 0.25) is 0 Å². The summed E-state index contributed by atoms with van der Waals surface area (Å²) in [5.74, 6) is -1.44. The summed E-state index contributed by atoms with van der Waals surface area (Å²) < 4.78 is 53.9. The predicted molar refractivity (Wildman–Crippen MR) is 84.0 cm³/mol. The van der Waals surface area contributed by atoms with E-state index < -0.39 is 29.2 Å². The predicted octanol–water partition coefficient (Wildman–Crippen LogP) is 2.76. The fourth-order valence-corrected chi connectivity index (χ4v) is 2.23. The van der Waals surface area contributed by atoms with E-state index in [0.29, 0.717) is 11.2 Å². The molecule has 2 rings (SSSR count). The molecular weight excluding hydrogens is 340 g/mol. The van der Waals surface area contributed by atoms with Gasteiger partial charge < -0.3 is 10.6 Å². The van der Waals surface area contributed by atoms with E-state index in [2.05, 4.69) is 15.7 Å². The first-order chi connectivity index (χ1) is 11.8. The third-order valence-corrected chi connectivity index (χ3v) is 3.37. The number of amides is 1. The van der Waals surface area contributed by atoms with Crippen LogP contribution in [0.15, 0.2) is 30.5 Å². The summed E-state index contributed by atoms with van der Waals surface area (Å²) in [5.41, 5.74) is -1.76. The molecule has 0 fully saturated rings. The summed E-state index contributed by atoms with van der Waals surface area (Å²) in [6.45, 7) is 3.38. The fourth-order valence-electron chi connectivity index (χ4n) is 2.23. The Balaban J connectivity index is 2.24. The number of nitrogens with one attached hydrogen (secondary N) is 2. The summed E-state index contributed by atoms with van der Waals surface area (Å²) in [7, 11) is 0. The lowest BCUT2D eigenvalue weighted by atomic mass is 10.2. The van der Waals surface area contributed by atoms with E-state index in [1.807, 2.05) is 6.92 Å². The van der Waals surface area contributed by atoms with E-state index in [1.165, 1.54) is 0 Å². The van der Waals surface area contributed by atoms with Crippen molar-refractivity contribution in [2.45, 2.75) is 19.5 Å². The van der Waals surface area contributed by atoms with Crippen molar-refractivity contribution in [1.82, 2.24) is 20.4 Å². The Morgan fingerprint density at radius 1 is 1.16 bits per heavy atom. The Labute approximate surface area is 142 Å². The molecule has 0 saturated heterocycles. The molecule has 2 aromatic rings. The second-order valence-electron chi connectivity index (χ2n) is 5.30. The minimum atomic E-state index is -4.79. The minimum absolute atomic E-state index is 0.0115. The minimum Gasteiger partial charge on any atom is -0.351 e. The van der Waals surface area contributed by atoms with Gasteiger partial charge in [-0.15, -0.1) is 0 Å². The van der Waals surface area contributed by atoms with Crippen molar-refractivity contribution in [3.63, 3.8) is 0 Å². The molecular formula is C16H18F4N4O. The van der Waals surface area contributed by atoms with Crippen LogP contribution in [0.1, 0.15) is 29.4 Å². The van der Waals surface area contributed by atoms with Gasteiger partial charge in [0.2, 0.25) is 0 Å². The number of carbonyl (C=O) groups excluding carboxylic acids is 1. The normalized spacial score (nSPS) is 11.6. The molecule has 1 aromatic carbocycles. The van der Waals surface area contributed by atoms with Gasteiger partial charge in [-0.2, -0.15) is 18.3 Å². The van der Waals surface area contributed by atoms with Crippen LogP contribution in [0.5, 0.6) is 0 Å². The molecule has 1 amide bonds. The average molecular weight is 358 g/mol. The van der Waals surface area contributed by atoms with E-state index >= 15 is 0 Å². The molecule has 0 spiro atoms. The first-order valence-electron chi connectivity index (χ1n) is 7.74. The van der Waals surface area contributed by atoms with Gasteiger partial charge in [-0.25, -0.2) is 9.07 Å². The van der Waals surface area contributed by atoms with E-state index in [4.69, 9.17) is 0 Å². The highest BCUT2D eigenvalue weighted by molar-refractivity contribution is 5.95. The van der Waals surface area contributed by atoms with Crippen LogP contribution in [0.25, 0.3) is 5.69 Å². The van der Waals surface area contributed by atoms with E-state index in [-0.39, 0.29) is 12.2 Å². The fraction of sp³-hybridized carbons (Fsp3) is 0.375. The maximum atomic E-state index is 13.4. The number of aromatic nitrogens is 2. The van der Waals surface area contributed by atoms with Crippen molar-refractivity contribution < 1.29 is 22.4 Å². The zero-order chi connectivity index (χ0) is 18.4. The molecule has 9 heteroatoms. The summed E-state index contributed by atoms with van der Waals surface area (Å²) in [6.07, 6.45) is -3.02. The van der Waals surface area contributed by atoms with Gasteiger partial charge >= 0.3 is 6.18 Å². The molecule has 25 heavy (non-hydrogen) atoms. The quantitative estimate of drug-likeness (QED) is 0.591. The molecule has 2 N–H and O–H groups in total. The van der Waals surface area contributed by atoms with Crippen molar-refractivity contribution in [2.24, 2.45) is 0 Å². The maximum Gasteiger partial charge on any atom is 0.434 e. The van der Waals surface area contributed by atoms with Gasteiger partial charge in [0.05, 0.1) is 17.4 Å². The summed E-state index contributed by atoms with van der Waals surface area (Å²) in [4.78, 5) is 12.1. The molecule has 0 aliphatic heterocycles. The Morgan fingerprint density at radius 3 is 2.44 bits per heavy atom. The van der Waals surface area contributed by atoms with E-state index in [9.17, 15) is 22.4 Å². The number of rotatable bonds is 7. The lowest BCUT2D eigenvalue weighted by Gasteiger charge is -2.13. The van der Waals surface area contributed by atoms with Crippen LogP contribution in [-0.4, -0.2) is 35.3 Å². The first kappa shape index (κ1) is 18.9. The summed E-state index contributed by atoms with van der Waals surface area (Å²) in [5, 5.41) is 9.12. The first-order valence-corrected chi connectivity index (χ1v) is 7.74. The Hall–Kier alpha value is -2.42. The lowest BCUT2D eigenvalue weighted by Crippen LogP contribution is -2.33. The highest BCUT2D eigenvalue weighted by atomic mass is 19.4. The number of halogens is 4. The second kappa shape index (κ2) is 8.11. The SMILES string of the molecule is CCCNCCNC(=O)c1cnn(-c2ccc(F)cc2)c1C(F)(F)F. The molecule has 0 radical (unpaired) electrons. The van der Waals surface area contributed by atoms with Gasteiger partial charge in [-0.3, -0.25) is 4.79 Å². The molecule has 0 bridgehead atoms. The Kier molecular flexibility index (Phi) is 6.13. The smallest absolute Gasteiger partial charge is 0.351 e. The topological polar surface area (TPSA) is 58.9 Å². The number of hydrogen-bond donors (Lipinski definition) is 2. The van der Waals surface area contributed by atoms with Crippen LogP contribution in [0.4, 0.5) is 17.6 Å². The van der Waals surface area contributed by atoms with Crippen molar-refractivity contribution in [2.75, 3.05) is 19.6 Å². The Bertz CT molecular complexity index is 710. The van der Waals surface area contributed by atoms with Crippen LogP contribution in [0.3, 0.4) is 0 Å². The van der Waals surface area contributed by atoms with Gasteiger partial charge in [0.15, 0.2) is 5.69 Å². The molecule has 0 atom stereocenters. The number of alkyl halides is 3. The van der Waals surface area contributed by atoms with E-state index in [1.54, 1.807) is 0 Å². The van der Waals surface area contributed by atoms with Crippen molar-refractivity contribution in [1.29, 1.82) is 0 Å². The molecule has 0 saturated carbocycles. The van der Waals surface area contributed by atoms with Crippen LogP contribution in [-0.2, 0) is 6.18 Å². The van der Waals surface area contributed by atoms with Crippen LogP contribution >= 0.6 is 0 Å². The molecule has 136 valence electrons. The zero-order valence-electron chi connectivity index (χ0n) is 13.5. The van der Waals surface area contributed by atoms with Gasteiger partial charge in [0, 0.05) is 13.1 Å². The van der Waals surface area contributed by atoms with Gasteiger partial charge in [-0.05, 0) is 37.2 Å². The lowest BCUT2D eigenvalue weighted by molar-refractivity contribution is -0.143. The van der Waals surface area contributed by atoms with Gasteiger partial charge in [0.25, 0.3) is 5.91 Å². The van der Waals surface area contributed by atoms with Crippen LogP contribution in [0, 0.1) is 5.82 Å². The Morgan fingerprint density at radius 2 is 1.84 bits per heavy atom. The number of hydrogen-bond acceptors (Lipinski definition) is 3. The standard InChI is InChI=1S/C16H18F4N4O/c1-2-7-21-8-9-22-15(25)13-10-23-24(14(13)16(18,19)20)12-5-3-11(17)4-6-12/h3-6,10,21H,2,7-9H2,1H3,(H,22,25). The molecule has 0 aliphatic carbocycles. The summed E-state index contributed by atoms with van der Waals surface area (Å²) in [6, 6.07) is 4.37. The molecule has 0 aliphatic rings. The van der Waals surface area contributed by atoms with Gasteiger partial charge in [0.1, 0.15) is 5.82 Å². The third-order valence-electron chi connectivity index (χ3n) is 3.37. The van der Waals surface area contributed by atoms with Gasteiger partial charge in [-0.1, -0.05) is 6.92 Å². The van der Waals surface area contributed by atoms with E-state index in [0.717, 1.165) is 43.4 Å². The van der Waals surface area contributed by atoms with Crippen molar-refractivity contribution in [3.05, 3.63) is 47.5 Å². The van der Waals surface area contributed by atoms with Crippen LogP contribution < -0.4 is 10.6 Å². The molecule has 5 nitrogen and oxygen atoms in total.